The van der Waals surface area contributed by atoms with Crippen LogP contribution in [0.1, 0.15) is 0 Å². The molecule has 28 heavy (non-hydrogen) atoms. The van der Waals surface area contributed by atoms with Crippen LogP contribution >= 0.6 is 0 Å². The van der Waals surface area contributed by atoms with E-state index >= 15 is 0 Å². The lowest BCUT2D eigenvalue weighted by molar-refractivity contribution is 0.620. The molecule has 4 nitrogen and oxygen atoms in total. The minimum atomic E-state index is 0.621. The highest BCUT2D eigenvalue weighted by molar-refractivity contribution is 5.97. The first kappa shape index (κ1) is 15.2. The lowest BCUT2D eigenvalue weighted by Crippen LogP contribution is -1.83. The number of oxazole rings is 2. The average Bonchev–Trinajstić information content (AvgIpc) is 3.37. The van der Waals surface area contributed by atoms with Crippen molar-refractivity contribution < 1.29 is 8.83 Å². The van der Waals surface area contributed by atoms with Gasteiger partial charge in [0.05, 0.1) is 0 Å². The van der Waals surface area contributed by atoms with E-state index in [2.05, 4.69) is 28.2 Å². The Kier molecular flexibility index (Phi) is 3.14. The van der Waals surface area contributed by atoms with E-state index in [4.69, 9.17) is 8.83 Å². The lowest BCUT2D eigenvalue weighted by atomic mass is 10.0. The number of hydrogen-bond acceptors (Lipinski definition) is 4. The fourth-order valence-electron chi connectivity index (χ4n) is 3.59. The van der Waals surface area contributed by atoms with Crippen molar-refractivity contribution in [2.45, 2.75) is 0 Å². The van der Waals surface area contributed by atoms with E-state index in [0.29, 0.717) is 11.8 Å². The zero-order valence-electron chi connectivity index (χ0n) is 14.8. The molecule has 0 aliphatic carbocycles. The molecule has 0 amide bonds. The molecule has 2 heterocycles. The third-order valence-electron chi connectivity index (χ3n) is 4.95. The van der Waals surface area contributed by atoms with E-state index < -0.39 is 0 Å². The van der Waals surface area contributed by atoms with Gasteiger partial charge in [0, 0.05) is 11.1 Å². The number of rotatable bonds is 2. The maximum Gasteiger partial charge on any atom is 0.227 e. The van der Waals surface area contributed by atoms with Crippen molar-refractivity contribution in [3.8, 4) is 22.9 Å². The first-order valence-electron chi connectivity index (χ1n) is 9.10. The summed E-state index contributed by atoms with van der Waals surface area (Å²) < 4.78 is 11.9. The number of nitrogens with zero attached hydrogens (tertiary/aromatic N) is 2. The van der Waals surface area contributed by atoms with Gasteiger partial charge in [-0.25, -0.2) is 9.97 Å². The van der Waals surface area contributed by atoms with Gasteiger partial charge in [0.1, 0.15) is 11.0 Å². The van der Waals surface area contributed by atoms with Gasteiger partial charge in [-0.1, -0.05) is 42.5 Å². The summed E-state index contributed by atoms with van der Waals surface area (Å²) in [4.78, 5) is 9.25. The van der Waals surface area contributed by atoms with E-state index in [0.717, 1.165) is 44.1 Å². The van der Waals surface area contributed by atoms with Gasteiger partial charge < -0.3 is 8.83 Å². The zero-order chi connectivity index (χ0) is 18.5. The van der Waals surface area contributed by atoms with Crippen LogP contribution < -0.4 is 0 Å². The third-order valence-corrected chi connectivity index (χ3v) is 4.95. The van der Waals surface area contributed by atoms with Gasteiger partial charge >= 0.3 is 0 Å². The van der Waals surface area contributed by atoms with Crippen LogP contribution in [0.5, 0.6) is 0 Å². The monoisotopic (exact) mass is 362 g/mol. The maximum atomic E-state index is 5.97. The second-order valence-electron chi connectivity index (χ2n) is 6.71. The Hall–Kier alpha value is -3.92. The smallest absolute Gasteiger partial charge is 0.227 e. The molecule has 2 aromatic heterocycles. The van der Waals surface area contributed by atoms with Gasteiger partial charge in [0.25, 0.3) is 0 Å². The Morgan fingerprint density at radius 3 is 2.00 bits per heavy atom. The summed E-state index contributed by atoms with van der Waals surface area (Å²) in [6.45, 7) is 0. The molecule has 0 atom stereocenters. The molecule has 0 fully saturated rings. The second-order valence-corrected chi connectivity index (χ2v) is 6.71. The van der Waals surface area contributed by atoms with E-state index in [9.17, 15) is 0 Å². The molecule has 6 aromatic rings. The topological polar surface area (TPSA) is 52.1 Å². The summed E-state index contributed by atoms with van der Waals surface area (Å²) in [6.07, 6.45) is 0. The van der Waals surface area contributed by atoms with Crippen molar-refractivity contribution in [1.82, 2.24) is 9.97 Å². The maximum absolute atomic E-state index is 5.97. The van der Waals surface area contributed by atoms with Gasteiger partial charge in [-0.15, -0.1) is 0 Å². The number of fused-ring (bicyclic) bond motifs is 3. The van der Waals surface area contributed by atoms with Crippen LogP contribution in [-0.4, -0.2) is 9.97 Å². The molecule has 0 aliphatic rings. The quantitative estimate of drug-likeness (QED) is 0.355. The molecule has 0 radical (unpaired) electrons. The van der Waals surface area contributed by atoms with Crippen LogP contribution in [0.2, 0.25) is 0 Å². The SMILES string of the molecule is c1cc(-c2nc3ccccc3o2)c2ccc(-c3nc4ccccc4o3)cc2c1. The van der Waals surface area contributed by atoms with E-state index in [1.165, 1.54) is 0 Å². The third kappa shape index (κ3) is 2.32. The summed E-state index contributed by atoms with van der Waals surface area (Å²) in [5.41, 5.74) is 5.21. The van der Waals surface area contributed by atoms with E-state index in [1.807, 2.05) is 66.7 Å². The lowest BCUT2D eigenvalue weighted by Gasteiger charge is -2.04. The Morgan fingerprint density at radius 2 is 1.25 bits per heavy atom. The summed E-state index contributed by atoms with van der Waals surface area (Å²) >= 11 is 0. The average molecular weight is 362 g/mol. The Bertz CT molecular complexity index is 1410. The molecule has 0 aliphatic heterocycles. The summed E-state index contributed by atoms with van der Waals surface area (Å²) in [6, 6.07) is 27.9. The predicted molar refractivity (Wildman–Crippen MR) is 110 cm³/mol. The van der Waals surface area contributed by atoms with Crippen LogP contribution in [0, 0.1) is 0 Å². The van der Waals surface area contributed by atoms with Crippen molar-refractivity contribution in [2.75, 3.05) is 0 Å². The number of benzene rings is 4. The molecule has 0 unspecified atom stereocenters. The standard InChI is InChI=1S/C24H14N2O2/c1-3-10-21-19(8-1)25-23(27-21)16-12-13-17-15(14-16)6-5-7-18(17)24-26-20-9-2-4-11-22(20)28-24/h1-14H. The molecule has 0 saturated heterocycles. The predicted octanol–water partition coefficient (Wildman–Crippen LogP) is 6.46. The Balaban J connectivity index is 1.51. The first-order valence-corrected chi connectivity index (χ1v) is 9.10. The fraction of sp³-hybridized carbons (Fsp3) is 0. The molecule has 4 aromatic carbocycles. The fourth-order valence-corrected chi connectivity index (χ4v) is 3.59. The molecule has 0 N–H and O–H groups in total. The molecule has 0 bridgehead atoms. The molecule has 6 rings (SSSR count). The largest absolute Gasteiger partial charge is 0.436 e. The number of para-hydroxylation sites is 4. The van der Waals surface area contributed by atoms with Crippen LogP contribution in [0.15, 0.2) is 93.8 Å². The number of aromatic nitrogens is 2. The van der Waals surface area contributed by atoms with Gasteiger partial charge in [-0.2, -0.15) is 0 Å². The Labute approximate surface area is 160 Å². The highest BCUT2D eigenvalue weighted by Gasteiger charge is 2.13. The molecule has 132 valence electrons. The molecule has 0 spiro atoms. The normalized spacial score (nSPS) is 11.6. The van der Waals surface area contributed by atoms with Crippen LogP contribution in [0.25, 0.3) is 55.9 Å². The molecular weight excluding hydrogens is 348 g/mol. The number of hydrogen-bond donors (Lipinski definition) is 0. The summed E-state index contributed by atoms with van der Waals surface area (Å²) in [7, 11) is 0. The van der Waals surface area contributed by atoms with Crippen molar-refractivity contribution >= 4 is 33.0 Å². The minimum absolute atomic E-state index is 0.621. The molecule has 4 heteroatoms. The summed E-state index contributed by atoms with van der Waals surface area (Å²) in [5, 5.41) is 2.16. The highest BCUT2D eigenvalue weighted by atomic mass is 16.4. The minimum Gasteiger partial charge on any atom is -0.436 e. The van der Waals surface area contributed by atoms with Gasteiger partial charge in [-0.3, -0.25) is 0 Å². The summed E-state index contributed by atoms with van der Waals surface area (Å²) in [5.74, 6) is 1.25. The van der Waals surface area contributed by atoms with Crippen molar-refractivity contribution in [2.24, 2.45) is 0 Å². The zero-order valence-corrected chi connectivity index (χ0v) is 14.8. The molecule has 0 saturated carbocycles. The van der Waals surface area contributed by atoms with Crippen molar-refractivity contribution in [3.05, 3.63) is 84.9 Å². The Morgan fingerprint density at radius 1 is 0.571 bits per heavy atom. The van der Waals surface area contributed by atoms with E-state index in [1.54, 1.807) is 0 Å². The van der Waals surface area contributed by atoms with Gasteiger partial charge in [-0.05, 0) is 53.2 Å². The van der Waals surface area contributed by atoms with Crippen LogP contribution in [0.4, 0.5) is 0 Å². The highest BCUT2D eigenvalue weighted by Crippen LogP contribution is 2.33. The van der Waals surface area contributed by atoms with Crippen molar-refractivity contribution in [3.63, 3.8) is 0 Å². The second kappa shape index (κ2) is 5.79. The first-order chi connectivity index (χ1) is 13.8. The van der Waals surface area contributed by atoms with E-state index in [-0.39, 0.29) is 0 Å². The van der Waals surface area contributed by atoms with Gasteiger partial charge in [0.15, 0.2) is 11.2 Å². The van der Waals surface area contributed by atoms with Crippen molar-refractivity contribution in [1.29, 1.82) is 0 Å². The van der Waals surface area contributed by atoms with Crippen LogP contribution in [0.3, 0.4) is 0 Å². The van der Waals surface area contributed by atoms with Gasteiger partial charge in [0.2, 0.25) is 11.8 Å². The molecular formula is C24H14N2O2. The van der Waals surface area contributed by atoms with Crippen LogP contribution in [-0.2, 0) is 0 Å².